The third kappa shape index (κ3) is 4.07. The summed E-state index contributed by atoms with van der Waals surface area (Å²) in [5.41, 5.74) is 1.55. The van der Waals surface area contributed by atoms with E-state index >= 15 is 0 Å². The molecule has 136 valence electrons. The van der Waals surface area contributed by atoms with Crippen molar-refractivity contribution in [3.63, 3.8) is 0 Å². The van der Waals surface area contributed by atoms with Gasteiger partial charge in [0.05, 0.1) is 30.7 Å². The number of nitrogens with one attached hydrogen (secondary N) is 1. The van der Waals surface area contributed by atoms with Crippen LogP contribution in [-0.4, -0.2) is 51.0 Å². The second-order valence-electron chi connectivity index (χ2n) is 6.18. The first kappa shape index (κ1) is 17.6. The summed E-state index contributed by atoms with van der Waals surface area (Å²) in [5, 5.41) is 11.4. The molecule has 0 fully saturated rings. The predicted molar refractivity (Wildman–Crippen MR) is 90.9 cm³/mol. The molecule has 1 N–H and O–H groups in total. The van der Waals surface area contributed by atoms with Gasteiger partial charge in [0.15, 0.2) is 0 Å². The third-order valence-electron chi connectivity index (χ3n) is 4.24. The summed E-state index contributed by atoms with van der Waals surface area (Å²) in [6.45, 7) is 3.54. The lowest BCUT2D eigenvalue weighted by Crippen LogP contribution is -2.31. The van der Waals surface area contributed by atoms with Gasteiger partial charge in [0.2, 0.25) is 15.9 Å². The monoisotopic (exact) mass is 366 g/mol. The highest BCUT2D eigenvalue weighted by molar-refractivity contribution is 7.88. The molecule has 0 bridgehead atoms. The maximum atomic E-state index is 12.2. The molecule has 0 aliphatic carbocycles. The Hall–Kier alpha value is -2.20. The Morgan fingerprint density at radius 3 is 2.88 bits per heavy atom. The van der Waals surface area contributed by atoms with Crippen LogP contribution >= 0.6 is 0 Å². The van der Waals surface area contributed by atoms with Crippen LogP contribution in [0.5, 0.6) is 0 Å². The minimum absolute atomic E-state index is 0.148. The van der Waals surface area contributed by atoms with Gasteiger partial charge in [-0.2, -0.15) is 14.5 Å². The number of nitrogens with zero attached hydrogens (tertiary/aromatic N) is 5. The number of hydrogen-bond donors (Lipinski definition) is 1. The van der Waals surface area contributed by atoms with Gasteiger partial charge in [0.25, 0.3) is 0 Å². The average Bonchev–Trinajstić information content (AvgIpc) is 3.17. The molecule has 0 saturated heterocycles. The van der Waals surface area contributed by atoms with Crippen LogP contribution in [0.15, 0.2) is 24.5 Å². The highest BCUT2D eigenvalue weighted by atomic mass is 32.2. The zero-order valence-electron chi connectivity index (χ0n) is 14.3. The van der Waals surface area contributed by atoms with Gasteiger partial charge in [0, 0.05) is 25.5 Å². The number of fused-ring (bicyclic) bond motifs is 1. The lowest BCUT2D eigenvalue weighted by Gasteiger charge is -2.16. The molecule has 3 heterocycles. The fourth-order valence-corrected chi connectivity index (χ4v) is 3.64. The number of carbonyl (C=O) groups excluding carboxylic acids is 1. The lowest BCUT2D eigenvalue weighted by molar-refractivity contribution is -0.124. The van der Waals surface area contributed by atoms with Gasteiger partial charge in [-0.1, -0.05) is 0 Å². The van der Waals surface area contributed by atoms with Crippen molar-refractivity contribution < 1.29 is 13.2 Å². The molecule has 1 amide bonds. The highest BCUT2D eigenvalue weighted by Gasteiger charge is 2.23. The molecule has 2 aromatic heterocycles. The van der Waals surface area contributed by atoms with Crippen LogP contribution < -0.4 is 5.32 Å². The van der Waals surface area contributed by atoms with Gasteiger partial charge in [0.1, 0.15) is 6.04 Å². The van der Waals surface area contributed by atoms with Crippen LogP contribution in [0, 0.1) is 0 Å². The Kier molecular flexibility index (Phi) is 4.91. The van der Waals surface area contributed by atoms with Crippen LogP contribution in [0.25, 0.3) is 0 Å². The van der Waals surface area contributed by atoms with E-state index in [0.717, 1.165) is 5.69 Å². The second kappa shape index (κ2) is 6.96. The molecule has 3 rings (SSSR count). The molecule has 1 aliphatic heterocycles. The van der Waals surface area contributed by atoms with E-state index in [4.69, 9.17) is 0 Å². The number of carbonyl (C=O) groups is 1. The highest BCUT2D eigenvalue weighted by Crippen LogP contribution is 2.16. The largest absolute Gasteiger partial charge is 0.349 e. The van der Waals surface area contributed by atoms with Gasteiger partial charge < -0.3 is 5.32 Å². The number of aromatic nitrogens is 4. The molecular formula is C15H22N6O3S. The summed E-state index contributed by atoms with van der Waals surface area (Å²) in [4.78, 5) is 12.2. The first-order valence-corrected chi connectivity index (χ1v) is 9.97. The Morgan fingerprint density at radius 2 is 2.20 bits per heavy atom. The second-order valence-corrected chi connectivity index (χ2v) is 8.16. The number of aryl methyl sites for hydroxylation is 1. The van der Waals surface area contributed by atoms with Crippen LogP contribution in [0.1, 0.15) is 30.8 Å². The van der Waals surface area contributed by atoms with Gasteiger partial charge in [-0.15, -0.1) is 0 Å². The zero-order valence-corrected chi connectivity index (χ0v) is 15.1. The van der Waals surface area contributed by atoms with E-state index in [2.05, 4.69) is 15.5 Å². The first-order valence-electron chi connectivity index (χ1n) is 8.12. The Balaban J connectivity index is 1.64. The van der Waals surface area contributed by atoms with Crippen molar-refractivity contribution in [2.45, 2.75) is 39.0 Å². The Labute approximate surface area is 146 Å². The van der Waals surface area contributed by atoms with Crippen molar-refractivity contribution in [1.82, 2.24) is 29.2 Å². The van der Waals surface area contributed by atoms with E-state index < -0.39 is 16.1 Å². The van der Waals surface area contributed by atoms with Crippen LogP contribution in [-0.2, 0) is 34.5 Å². The average molecular weight is 366 g/mol. The normalized spacial score (nSPS) is 16.9. The number of sulfonamides is 1. The summed E-state index contributed by atoms with van der Waals surface area (Å²) < 4.78 is 28.4. The Morgan fingerprint density at radius 1 is 1.40 bits per heavy atom. The smallest absolute Gasteiger partial charge is 0.244 e. The van der Waals surface area contributed by atoms with Crippen molar-refractivity contribution in [2.24, 2.45) is 0 Å². The summed E-state index contributed by atoms with van der Waals surface area (Å²) >= 11 is 0. The molecule has 0 spiro atoms. The predicted octanol–water partition coefficient (Wildman–Crippen LogP) is 0.122. The number of amides is 1. The van der Waals surface area contributed by atoms with Crippen LogP contribution in [0.4, 0.5) is 0 Å². The maximum absolute atomic E-state index is 12.2. The van der Waals surface area contributed by atoms with Crippen molar-refractivity contribution in [3.8, 4) is 0 Å². The molecule has 0 unspecified atom stereocenters. The van der Waals surface area contributed by atoms with Gasteiger partial charge in [-0.25, -0.2) is 8.42 Å². The minimum atomic E-state index is -3.23. The van der Waals surface area contributed by atoms with Crippen molar-refractivity contribution in [2.75, 3.05) is 12.8 Å². The van der Waals surface area contributed by atoms with Gasteiger partial charge in [-0.05, 0) is 25.5 Å². The fraction of sp³-hybridized carbons (Fsp3) is 0.533. The van der Waals surface area contributed by atoms with E-state index in [1.807, 2.05) is 10.7 Å². The van der Waals surface area contributed by atoms with Crippen molar-refractivity contribution in [1.29, 1.82) is 0 Å². The molecule has 2 aromatic rings. The molecule has 25 heavy (non-hydrogen) atoms. The standard InChI is InChI=1S/C15H22N6O3S/c1-12(20-7-3-5-17-20)15(22)16-10-13-9-14-11-19(25(2,23)24)6-4-8-21(14)18-13/h3,5,7,9,12H,4,6,8,10-11H2,1-2H3,(H,16,22)/t12-/m0/s1. The minimum Gasteiger partial charge on any atom is -0.349 e. The SMILES string of the molecule is C[C@@H](C(=O)NCc1cc2n(n1)CCCN(S(C)(=O)=O)C2)n1cccn1. The van der Waals surface area contributed by atoms with Crippen LogP contribution in [0.3, 0.4) is 0 Å². The first-order chi connectivity index (χ1) is 11.8. The summed E-state index contributed by atoms with van der Waals surface area (Å²) in [6.07, 6.45) is 5.30. The van der Waals surface area contributed by atoms with Crippen molar-refractivity contribution in [3.05, 3.63) is 35.9 Å². The zero-order chi connectivity index (χ0) is 18.0. The van der Waals surface area contributed by atoms with Gasteiger partial charge >= 0.3 is 0 Å². The fourth-order valence-electron chi connectivity index (χ4n) is 2.82. The van der Waals surface area contributed by atoms with E-state index in [9.17, 15) is 13.2 Å². The van der Waals surface area contributed by atoms with E-state index in [-0.39, 0.29) is 5.91 Å². The molecule has 0 radical (unpaired) electrons. The molecule has 1 aliphatic rings. The quantitative estimate of drug-likeness (QED) is 0.810. The molecule has 9 nitrogen and oxygen atoms in total. The van der Waals surface area contributed by atoms with E-state index in [0.29, 0.717) is 38.3 Å². The van der Waals surface area contributed by atoms with E-state index in [1.54, 1.807) is 30.1 Å². The maximum Gasteiger partial charge on any atom is 0.244 e. The summed E-state index contributed by atoms with van der Waals surface area (Å²) in [7, 11) is -3.23. The molecule has 1 atom stereocenters. The Bertz CT molecular complexity index is 843. The lowest BCUT2D eigenvalue weighted by atomic mass is 10.3. The molecule has 0 saturated carbocycles. The van der Waals surface area contributed by atoms with E-state index in [1.165, 1.54) is 10.6 Å². The summed E-state index contributed by atoms with van der Waals surface area (Å²) in [6, 6.07) is 3.21. The molecular weight excluding hydrogens is 344 g/mol. The number of hydrogen-bond acceptors (Lipinski definition) is 5. The van der Waals surface area contributed by atoms with Crippen LogP contribution in [0.2, 0.25) is 0 Å². The third-order valence-corrected chi connectivity index (χ3v) is 5.49. The van der Waals surface area contributed by atoms with Crippen molar-refractivity contribution >= 4 is 15.9 Å². The number of rotatable bonds is 5. The summed E-state index contributed by atoms with van der Waals surface area (Å²) in [5.74, 6) is -0.148. The molecule has 10 heteroatoms. The van der Waals surface area contributed by atoms with Gasteiger partial charge in [-0.3, -0.25) is 14.2 Å². The molecule has 0 aromatic carbocycles. The topological polar surface area (TPSA) is 102 Å².